The van der Waals surface area contributed by atoms with Gasteiger partial charge in [-0.15, -0.1) is 0 Å². The standard InChI is InChI=1S/C25H36O5/c1-4-22(27)29-15-25-13-10-17(26)14-16(25)6-7-18-19-8-9-21(30-23(28)5-2)24(19,3)12-11-20(18)25/h14,18-21H,4-13,15H2,1-3H3/t18-,19-,20-,21-,24-,25+/m0/s1. The van der Waals surface area contributed by atoms with Crippen LogP contribution in [0.5, 0.6) is 0 Å². The lowest BCUT2D eigenvalue weighted by Crippen LogP contribution is -2.54. The molecule has 0 radical (unpaired) electrons. The van der Waals surface area contributed by atoms with Gasteiger partial charge in [0.2, 0.25) is 0 Å². The van der Waals surface area contributed by atoms with Gasteiger partial charge >= 0.3 is 11.9 Å². The molecule has 4 rings (SSSR count). The van der Waals surface area contributed by atoms with E-state index in [1.165, 1.54) is 5.57 Å². The Balaban J connectivity index is 1.61. The number of rotatable bonds is 5. The molecule has 0 aromatic rings. The minimum atomic E-state index is -0.179. The lowest BCUT2D eigenvalue weighted by atomic mass is 9.47. The first kappa shape index (κ1) is 21.6. The third kappa shape index (κ3) is 3.42. The Kier molecular flexibility index (Phi) is 5.84. The van der Waals surface area contributed by atoms with E-state index in [-0.39, 0.29) is 34.7 Å². The lowest BCUT2D eigenvalue weighted by molar-refractivity contribution is -0.162. The van der Waals surface area contributed by atoms with Crippen LogP contribution in [-0.2, 0) is 23.9 Å². The molecule has 3 fully saturated rings. The molecule has 5 heteroatoms. The SMILES string of the molecule is CCC(=O)OC[C@]12CCC(=O)C=C1CC[C@@H]1[C@@H]2CC[C@]2(C)[C@@H](OC(=O)CC)CC[C@@H]12. The predicted molar refractivity (Wildman–Crippen MR) is 112 cm³/mol. The maximum atomic E-state index is 12.2. The molecule has 0 amide bonds. The van der Waals surface area contributed by atoms with E-state index in [0.29, 0.717) is 43.6 Å². The van der Waals surface area contributed by atoms with Gasteiger partial charge in [-0.2, -0.15) is 0 Å². The van der Waals surface area contributed by atoms with Crippen LogP contribution in [0.15, 0.2) is 11.6 Å². The summed E-state index contributed by atoms with van der Waals surface area (Å²) in [6.07, 6.45) is 10.2. The second-order valence-corrected chi connectivity index (χ2v) is 10.2. The van der Waals surface area contributed by atoms with E-state index in [1.807, 2.05) is 19.9 Å². The van der Waals surface area contributed by atoms with Crippen molar-refractivity contribution in [1.29, 1.82) is 0 Å². The maximum absolute atomic E-state index is 12.2. The van der Waals surface area contributed by atoms with Crippen LogP contribution < -0.4 is 0 Å². The van der Waals surface area contributed by atoms with Crippen LogP contribution in [0.2, 0.25) is 0 Å². The van der Waals surface area contributed by atoms with Gasteiger partial charge in [0.05, 0.1) is 0 Å². The second-order valence-electron chi connectivity index (χ2n) is 10.2. The fourth-order valence-corrected chi connectivity index (χ4v) is 7.33. The van der Waals surface area contributed by atoms with Crippen LogP contribution in [0.25, 0.3) is 0 Å². The van der Waals surface area contributed by atoms with E-state index in [4.69, 9.17) is 9.47 Å². The first-order chi connectivity index (χ1) is 14.3. The molecule has 6 atom stereocenters. The van der Waals surface area contributed by atoms with Crippen molar-refractivity contribution in [2.75, 3.05) is 6.61 Å². The summed E-state index contributed by atoms with van der Waals surface area (Å²) in [5.41, 5.74) is 1.08. The third-order valence-corrected chi connectivity index (χ3v) is 8.94. The molecule has 0 heterocycles. The first-order valence-electron chi connectivity index (χ1n) is 11.9. The average molecular weight is 417 g/mol. The molecule has 4 aliphatic rings. The van der Waals surface area contributed by atoms with Crippen LogP contribution in [-0.4, -0.2) is 30.4 Å². The maximum Gasteiger partial charge on any atom is 0.305 e. The minimum absolute atomic E-state index is 0.0228. The Hall–Kier alpha value is -1.65. The van der Waals surface area contributed by atoms with Crippen molar-refractivity contribution in [3.05, 3.63) is 11.6 Å². The van der Waals surface area contributed by atoms with Gasteiger partial charge in [0.1, 0.15) is 12.7 Å². The molecule has 0 bridgehead atoms. The van der Waals surface area contributed by atoms with Crippen molar-refractivity contribution in [1.82, 2.24) is 0 Å². The summed E-state index contributed by atoms with van der Waals surface area (Å²) in [6.45, 7) is 6.42. The molecule has 30 heavy (non-hydrogen) atoms. The number of hydrogen-bond acceptors (Lipinski definition) is 5. The summed E-state index contributed by atoms with van der Waals surface area (Å²) in [6, 6.07) is 0. The molecular weight excluding hydrogens is 380 g/mol. The zero-order chi connectivity index (χ0) is 21.5. The second kappa shape index (κ2) is 8.12. The monoisotopic (exact) mass is 416 g/mol. The predicted octanol–water partition coefficient (Wildman–Crippen LogP) is 4.77. The van der Waals surface area contributed by atoms with E-state index >= 15 is 0 Å². The molecule has 4 aliphatic carbocycles. The molecule has 166 valence electrons. The average Bonchev–Trinajstić information content (AvgIpc) is 3.08. The number of ketones is 1. The molecule has 0 aromatic carbocycles. The largest absolute Gasteiger partial charge is 0.465 e. The van der Waals surface area contributed by atoms with Crippen LogP contribution in [0, 0.1) is 28.6 Å². The molecule has 5 nitrogen and oxygen atoms in total. The Bertz CT molecular complexity index is 755. The fraction of sp³-hybridized carbons (Fsp3) is 0.800. The van der Waals surface area contributed by atoms with Gasteiger partial charge in [-0.05, 0) is 68.8 Å². The number of carbonyl (C=O) groups is 3. The van der Waals surface area contributed by atoms with Crippen LogP contribution >= 0.6 is 0 Å². The summed E-state index contributed by atoms with van der Waals surface area (Å²) in [5, 5.41) is 0. The van der Waals surface area contributed by atoms with E-state index < -0.39 is 0 Å². The molecular formula is C25H36O5. The Morgan fingerprint density at radius 3 is 2.50 bits per heavy atom. The summed E-state index contributed by atoms with van der Waals surface area (Å²) in [5.74, 6) is 1.48. The van der Waals surface area contributed by atoms with Crippen molar-refractivity contribution in [2.24, 2.45) is 28.6 Å². The number of esters is 2. The third-order valence-electron chi connectivity index (χ3n) is 8.94. The number of hydrogen-bond donors (Lipinski definition) is 0. The highest BCUT2D eigenvalue weighted by molar-refractivity contribution is 5.91. The van der Waals surface area contributed by atoms with Crippen LogP contribution in [0.3, 0.4) is 0 Å². The van der Waals surface area contributed by atoms with Gasteiger partial charge in [0.15, 0.2) is 5.78 Å². The number of fused-ring (bicyclic) bond motifs is 5. The van der Waals surface area contributed by atoms with Gasteiger partial charge in [0, 0.05) is 30.1 Å². The Morgan fingerprint density at radius 2 is 1.77 bits per heavy atom. The number of ether oxygens (including phenoxy) is 2. The molecule has 0 spiro atoms. The normalized spacial score (nSPS) is 40.0. The summed E-state index contributed by atoms with van der Waals surface area (Å²) < 4.78 is 11.6. The van der Waals surface area contributed by atoms with E-state index in [2.05, 4.69) is 6.92 Å². The molecule has 0 N–H and O–H groups in total. The van der Waals surface area contributed by atoms with Crippen LogP contribution in [0.4, 0.5) is 0 Å². The highest BCUT2D eigenvalue weighted by Crippen LogP contribution is 2.65. The Morgan fingerprint density at radius 1 is 1.00 bits per heavy atom. The van der Waals surface area contributed by atoms with Gasteiger partial charge in [-0.3, -0.25) is 14.4 Å². The highest BCUT2D eigenvalue weighted by atomic mass is 16.5. The van der Waals surface area contributed by atoms with Crippen molar-refractivity contribution in [3.63, 3.8) is 0 Å². The minimum Gasteiger partial charge on any atom is -0.465 e. The van der Waals surface area contributed by atoms with Gasteiger partial charge < -0.3 is 9.47 Å². The number of carbonyl (C=O) groups excluding carboxylic acids is 3. The van der Waals surface area contributed by atoms with Crippen molar-refractivity contribution >= 4 is 17.7 Å². The molecule has 0 aromatic heterocycles. The zero-order valence-electron chi connectivity index (χ0n) is 18.7. The van der Waals surface area contributed by atoms with E-state index in [9.17, 15) is 14.4 Å². The fourth-order valence-electron chi connectivity index (χ4n) is 7.33. The molecule has 3 saturated carbocycles. The van der Waals surface area contributed by atoms with Crippen molar-refractivity contribution in [2.45, 2.75) is 91.1 Å². The van der Waals surface area contributed by atoms with Gasteiger partial charge in [0.25, 0.3) is 0 Å². The first-order valence-corrected chi connectivity index (χ1v) is 11.9. The van der Waals surface area contributed by atoms with Crippen molar-refractivity contribution < 1.29 is 23.9 Å². The molecule has 0 aliphatic heterocycles. The van der Waals surface area contributed by atoms with Gasteiger partial charge in [-0.1, -0.05) is 26.3 Å². The van der Waals surface area contributed by atoms with Crippen molar-refractivity contribution in [3.8, 4) is 0 Å². The van der Waals surface area contributed by atoms with E-state index in [0.717, 1.165) is 44.9 Å². The molecule has 0 saturated heterocycles. The quantitative estimate of drug-likeness (QED) is 0.604. The smallest absolute Gasteiger partial charge is 0.305 e. The summed E-state index contributed by atoms with van der Waals surface area (Å²) >= 11 is 0. The Labute approximate surface area is 179 Å². The summed E-state index contributed by atoms with van der Waals surface area (Å²) in [7, 11) is 0. The zero-order valence-corrected chi connectivity index (χ0v) is 18.7. The highest BCUT2D eigenvalue weighted by Gasteiger charge is 2.61. The van der Waals surface area contributed by atoms with E-state index in [1.54, 1.807) is 0 Å². The van der Waals surface area contributed by atoms with Crippen LogP contribution in [0.1, 0.15) is 85.0 Å². The lowest BCUT2D eigenvalue weighted by Gasteiger charge is -2.58. The molecule has 0 unspecified atom stereocenters. The summed E-state index contributed by atoms with van der Waals surface area (Å²) in [4.78, 5) is 36.2. The topological polar surface area (TPSA) is 69.7 Å². The van der Waals surface area contributed by atoms with Gasteiger partial charge in [-0.25, -0.2) is 0 Å².